The first kappa shape index (κ1) is 10.2. The van der Waals surface area contributed by atoms with Crippen LogP contribution < -0.4 is 5.32 Å². The lowest BCUT2D eigenvalue weighted by Gasteiger charge is -2.11. The van der Waals surface area contributed by atoms with Gasteiger partial charge >= 0.3 is 0 Å². The number of para-hydroxylation sites is 1. The molecule has 1 aliphatic rings. The molecular formula is C12H15NO2. The summed E-state index contributed by atoms with van der Waals surface area (Å²) >= 11 is 0. The normalized spacial score (nSPS) is 25.1. The van der Waals surface area contributed by atoms with E-state index in [9.17, 15) is 4.79 Å². The van der Waals surface area contributed by atoms with Crippen molar-refractivity contribution in [3.05, 3.63) is 30.3 Å². The Balaban J connectivity index is 1.93. The first-order valence-electron chi connectivity index (χ1n) is 5.27. The minimum absolute atomic E-state index is 0.0365. The van der Waals surface area contributed by atoms with Gasteiger partial charge in [0.15, 0.2) is 0 Å². The molecule has 1 saturated heterocycles. The van der Waals surface area contributed by atoms with Crippen LogP contribution in [0.1, 0.15) is 19.8 Å². The summed E-state index contributed by atoms with van der Waals surface area (Å²) in [6.07, 6.45) is 1.71. The van der Waals surface area contributed by atoms with Gasteiger partial charge in [-0.25, -0.2) is 0 Å². The first-order chi connectivity index (χ1) is 7.25. The van der Waals surface area contributed by atoms with Gasteiger partial charge in [0.2, 0.25) is 0 Å². The number of ether oxygens (including phenoxy) is 1. The highest BCUT2D eigenvalue weighted by atomic mass is 16.5. The maximum absolute atomic E-state index is 11.7. The van der Waals surface area contributed by atoms with Crippen molar-refractivity contribution in [2.75, 3.05) is 5.32 Å². The number of rotatable bonds is 2. The van der Waals surface area contributed by atoms with Crippen LogP contribution in [0, 0.1) is 0 Å². The summed E-state index contributed by atoms with van der Waals surface area (Å²) in [5.74, 6) is -0.0365. The quantitative estimate of drug-likeness (QED) is 0.803. The molecular weight excluding hydrogens is 190 g/mol. The zero-order chi connectivity index (χ0) is 10.7. The van der Waals surface area contributed by atoms with Crippen molar-refractivity contribution < 1.29 is 9.53 Å². The highest BCUT2D eigenvalue weighted by Gasteiger charge is 2.27. The number of hydrogen-bond acceptors (Lipinski definition) is 2. The second kappa shape index (κ2) is 4.45. The standard InChI is InChI=1S/C12H15NO2/c1-9-7-8-11(15-9)12(14)13-10-5-3-2-4-6-10/h2-6,9,11H,7-8H2,1H3,(H,13,14). The highest BCUT2D eigenvalue weighted by Crippen LogP contribution is 2.20. The van der Waals surface area contributed by atoms with E-state index < -0.39 is 0 Å². The van der Waals surface area contributed by atoms with Gasteiger partial charge in [-0.1, -0.05) is 18.2 Å². The molecule has 0 radical (unpaired) electrons. The van der Waals surface area contributed by atoms with Crippen LogP contribution in [0.2, 0.25) is 0 Å². The Hall–Kier alpha value is -1.35. The van der Waals surface area contributed by atoms with Crippen LogP contribution in [0.15, 0.2) is 30.3 Å². The number of carbonyl (C=O) groups excluding carboxylic acids is 1. The van der Waals surface area contributed by atoms with Gasteiger partial charge in [0, 0.05) is 5.69 Å². The monoisotopic (exact) mass is 205 g/mol. The van der Waals surface area contributed by atoms with Gasteiger partial charge in [-0.3, -0.25) is 4.79 Å². The number of nitrogens with one attached hydrogen (secondary N) is 1. The molecule has 0 saturated carbocycles. The second-order valence-corrected chi connectivity index (χ2v) is 3.87. The molecule has 2 rings (SSSR count). The minimum atomic E-state index is -0.278. The third-order valence-electron chi connectivity index (χ3n) is 2.57. The van der Waals surface area contributed by atoms with Crippen LogP contribution in [-0.2, 0) is 9.53 Å². The number of amides is 1. The number of carbonyl (C=O) groups is 1. The van der Waals surface area contributed by atoms with Crippen molar-refractivity contribution >= 4 is 11.6 Å². The molecule has 2 atom stereocenters. The molecule has 1 amide bonds. The van der Waals surface area contributed by atoms with Crippen LogP contribution in [0.5, 0.6) is 0 Å². The van der Waals surface area contributed by atoms with E-state index in [1.165, 1.54) is 0 Å². The SMILES string of the molecule is CC1CCC(C(=O)Nc2ccccc2)O1. The van der Waals surface area contributed by atoms with Crippen molar-refractivity contribution in [2.24, 2.45) is 0 Å². The summed E-state index contributed by atoms with van der Waals surface area (Å²) in [5, 5.41) is 2.84. The van der Waals surface area contributed by atoms with Crippen LogP contribution >= 0.6 is 0 Å². The van der Waals surface area contributed by atoms with Crippen molar-refractivity contribution in [1.29, 1.82) is 0 Å². The largest absolute Gasteiger partial charge is 0.365 e. The van der Waals surface area contributed by atoms with E-state index in [0.717, 1.165) is 18.5 Å². The molecule has 3 heteroatoms. The highest BCUT2D eigenvalue weighted by molar-refractivity contribution is 5.94. The van der Waals surface area contributed by atoms with E-state index in [1.807, 2.05) is 37.3 Å². The summed E-state index contributed by atoms with van der Waals surface area (Å²) in [5.41, 5.74) is 0.825. The summed E-state index contributed by atoms with van der Waals surface area (Å²) in [6, 6.07) is 9.46. The Labute approximate surface area is 89.4 Å². The van der Waals surface area contributed by atoms with E-state index >= 15 is 0 Å². The Bertz CT molecular complexity index is 337. The van der Waals surface area contributed by atoms with Gasteiger partial charge in [0.1, 0.15) is 6.10 Å². The predicted octanol–water partition coefficient (Wildman–Crippen LogP) is 2.19. The Kier molecular flexibility index (Phi) is 3.02. The summed E-state index contributed by atoms with van der Waals surface area (Å²) in [6.45, 7) is 2.00. The molecule has 1 N–H and O–H groups in total. The van der Waals surface area contributed by atoms with Crippen LogP contribution in [-0.4, -0.2) is 18.1 Å². The zero-order valence-electron chi connectivity index (χ0n) is 8.77. The Morgan fingerprint density at radius 2 is 2.07 bits per heavy atom. The molecule has 2 unspecified atom stereocenters. The van der Waals surface area contributed by atoms with Gasteiger partial charge in [0.05, 0.1) is 6.10 Å². The van der Waals surface area contributed by atoms with Gasteiger partial charge in [-0.05, 0) is 31.9 Å². The van der Waals surface area contributed by atoms with Crippen LogP contribution in [0.4, 0.5) is 5.69 Å². The zero-order valence-corrected chi connectivity index (χ0v) is 8.77. The topological polar surface area (TPSA) is 38.3 Å². The maximum Gasteiger partial charge on any atom is 0.253 e. The van der Waals surface area contributed by atoms with E-state index in [4.69, 9.17) is 4.74 Å². The minimum Gasteiger partial charge on any atom is -0.365 e. The van der Waals surface area contributed by atoms with Crippen molar-refractivity contribution in [3.63, 3.8) is 0 Å². The smallest absolute Gasteiger partial charge is 0.253 e. The number of benzene rings is 1. The van der Waals surface area contributed by atoms with E-state index in [-0.39, 0.29) is 18.1 Å². The predicted molar refractivity (Wildman–Crippen MR) is 58.6 cm³/mol. The molecule has 0 aliphatic carbocycles. The van der Waals surface area contributed by atoms with E-state index in [1.54, 1.807) is 0 Å². The first-order valence-corrected chi connectivity index (χ1v) is 5.27. The van der Waals surface area contributed by atoms with Gasteiger partial charge < -0.3 is 10.1 Å². The average Bonchev–Trinajstić information content (AvgIpc) is 2.66. The van der Waals surface area contributed by atoms with Crippen LogP contribution in [0.25, 0.3) is 0 Å². The molecule has 3 nitrogen and oxygen atoms in total. The molecule has 1 aromatic carbocycles. The molecule has 1 heterocycles. The van der Waals surface area contributed by atoms with Gasteiger partial charge in [-0.2, -0.15) is 0 Å². The van der Waals surface area contributed by atoms with Crippen LogP contribution in [0.3, 0.4) is 0 Å². The summed E-state index contributed by atoms with van der Waals surface area (Å²) < 4.78 is 5.48. The Morgan fingerprint density at radius 3 is 2.67 bits per heavy atom. The fraction of sp³-hybridized carbons (Fsp3) is 0.417. The molecule has 1 aliphatic heterocycles. The van der Waals surface area contributed by atoms with Gasteiger partial charge in [-0.15, -0.1) is 0 Å². The molecule has 80 valence electrons. The second-order valence-electron chi connectivity index (χ2n) is 3.87. The van der Waals surface area contributed by atoms with E-state index in [0.29, 0.717) is 0 Å². The molecule has 0 spiro atoms. The Morgan fingerprint density at radius 1 is 1.33 bits per heavy atom. The lowest BCUT2D eigenvalue weighted by atomic mass is 10.2. The fourth-order valence-electron chi connectivity index (χ4n) is 1.74. The molecule has 0 bridgehead atoms. The molecule has 1 aromatic rings. The molecule has 15 heavy (non-hydrogen) atoms. The van der Waals surface area contributed by atoms with Gasteiger partial charge in [0.25, 0.3) is 5.91 Å². The third kappa shape index (κ3) is 2.57. The average molecular weight is 205 g/mol. The third-order valence-corrected chi connectivity index (χ3v) is 2.57. The summed E-state index contributed by atoms with van der Waals surface area (Å²) in [7, 11) is 0. The van der Waals surface area contributed by atoms with Crippen molar-refractivity contribution in [1.82, 2.24) is 0 Å². The lowest BCUT2D eigenvalue weighted by molar-refractivity contribution is -0.126. The van der Waals surface area contributed by atoms with Crippen molar-refractivity contribution in [3.8, 4) is 0 Å². The molecule has 0 aromatic heterocycles. The maximum atomic E-state index is 11.7. The number of hydrogen-bond donors (Lipinski definition) is 1. The van der Waals surface area contributed by atoms with Crippen molar-refractivity contribution in [2.45, 2.75) is 32.0 Å². The van der Waals surface area contributed by atoms with E-state index in [2.05, 4.69) is 5.32 Å². The number of anilines is 1. The molecule has 1 fully saturated rings. The fourth-order valence-corrected chi connectivity index (χ4v) is 1.74. The summed E-state index contributed by atoms with van der Waals surface area (Å²) in [4.78, 5) is 11.7. The lowest BCUT2D eigenvalue weighted by Crippen LogP contribution is -2.27.